The summed E-state index contributed by atoms with van der Waals surface area (Å²) < 4.78 is 0. The molecule has 0 spiro atoms. The number of allylic oxidation sites excluding steroid dienone is 1. The van der Waals surface area contributed by atoms with Crippen molar-refractivity contribution in [1.82, 2.24) is 0 Å². The van der Waals surface area contributed by atoms with Gasteiger partial charge in [-0.3, -0.25) is 0 Å². The predicted molar refractivity (Wildman–Crippen MR) is 48.8 cm³/mol. The number of nitriles is 1. The second-order valence-corrected chi connectivity index (χ2v) is 3.45. The standard InChI is InChI=1S/C7H3Cl2NS/c8-5(1-3-10)7-6(9)2-4-11-7/h1-2,4H/b5-1+. The van der Waals surface area contributed by atoms with Crippen LogP contribution in [0.2, 0.25) is 5.02 Å². The Kier molecular flexibility index (Phi) is 2.95. The molecule has 0 aliphatic carbocycles. The normalized spacial score (nSPS) is 11.2. The molecule has 1 aromatic heterocycles. The van der Waals surface area contributed by atoms with E-state index in [-0.39, 0.29) is 0 Å². The highest BCUT2D eigenvalue weighted by molar-refractivity contribution is 7.12. The summed E-state index contributed by atoms with van der Waals surface area (Å²) in [6.07, 6.45) is 1.26. The molecule has 1 aromatic rings. The topological polar surface area (TPSA) is 23.8 Å². The fourth-order valence-corrected chi connectivity index (χ4v) is 1.98. The number of halogens is 2. The van der Waals surface area contributed by atoms with Gasteiger partial charge in [-0.05, 0) is 11.4 Å². The Hall–Kier alpha value is -0.490. The Morgan fingerprint density at radius 3 is 2.91 bits per heavy atom. The second kappa shape index (κ2) is 3.77. The van der Waals surface area contributed by atoms with E-state index in [1.54, 1.807) is 6.07 Å². The molecule has 1 nitrogen and oxygen atoms in total. The number of hydrogen-bond donors (Lipinski definition) is 0. The van der Waals surface area contributed by atoms with Gasteiger partial charge < -0.3 is 0 Å². The highest BCUT2D eigenvalue weighted by Gasteiger charge is 2.04. The van der Waals surface area contributed by atoms with Gasteiger partial charge in [-0.1, -0.05) is 23.2 Å². The zero-order chi connectivity index (χ0) is 8.27. The Bertz CT molecular complexity index is 321. The predicted octanol–water partition coefficient (Wildman–Crippen LogP) is 3.50. The lowest BCUT2D eigenvalue weighted by atomic mass is 10.4. The van der Waals surface area contributed by atoms with Crippen LogP contribution in [0.4, 0.5) is 0 Å². The number of thiophene rings is 1. The zero-order valence-corrected chi connectivity index (χ0v) is 7.67. The number of rotatable bonds is 1. The summed E-state index contributed by atoms with van der Waals surface area (Å²) >= 11 is 12.9. The molecule has 0 amide bonds. The fraction of sp³-hybridized carbons (Fsp3) is 0. The molecule has 0 radical (unpaired) electrons. The fourth-order valence-electron chi connectivity index (χ4n) is 0.586. The van der Waals surface area contributed by atoms with Gasteiger partial charge in [0.25, 0.3) is 0 Å². The lowest BCUT2D eigenvalue weighted by Crippen LogP contribution is -1.67. The van der Waals surface area contributed by atoms with E-state index in [2.05, 4.69) is 0 Å². The molecule has 56 valence electrons. The van der Waals surface area contributed by atoms with Gasteiger partial charge in [0, 0.05) is 6.08 Å². The van der Waals surface area contributed by atoms with Gasteiger partial charge in [0.05, 0.1) is 21.0 Å². The first-order valence-electron chi connectivity index (χ1n) is 2.74. The molecule has 0 aromatic carbocycles. The maximum atomic E-state index is 8.28. The highest BCUT2D eigenvalue weighted by Crippen LogP contribution is 2.31. The summed E-state index contributed by atoms with van der Waals surface area (Å²) in [6.45, 7) is 0. The van der Waals surface area contributed by atoms with Crippen LogP contribution in [0.1, 0.15) is 4.88 Å². The minimum atomic E-state index is 0.396. The van der Waals surface area contributed by atoms with E-state index in [1.807, 2.05) is 11.4 Å². The van der Waals surface area contributed by atoms with Crippen LogP contribution in [0.15, 0.2) is 17.5 Å². The van der Waals surface area contributed by atoms with Gasteiger partial charge in [0.1, 0.15) is 0 Å². The summed E-state index contributed by atoms with van der Waals surface area (Å²) in [5.41, 5.74) is 0. The minimum absolute atomic E-state index is 0.396. The van der Waals surface area contributed by atoms with Crippen LogP contribution < -0.4 is 0 Å². The van der Waals surface area contributed by atoms with Crippen molar-refractivity contribution in [2.45, 2.75) is 0 Å². The van der Waals surface area contributed by atoms with Crippen molar-refractivity contribution in [1.29, 1.82) is 5.26 Å². The van der Waals surface area contributed by atoms with Crippen molar-refractivity contribution >= 4 is 39.6 Å². The Morgan fingerprint density at radius 1 is 1.73 bits per heavy atom. The van der Waals surface area contributed by atoms with Gasteiger partial charge in [-0.25, -0.2) is 0 Å². The van der Waals surface area contributed by atoms with Gasteiger partial charge in [-0.2, -0.15) is 5.26 Å². The van der Waals surface area contributed by atoms with Gasteiger partial charge in [-0.15, -0.1) is 11.3 Å². The molecule has 1 rings (SSSR count). The molecule has 0 atom stereocenters. The molecule has 11 heavy (non-hydrogen) atoms. The highest BCUT2D eigenvalue weighted by atomic mass is 35.5. The van der Waals surface area contributed by atoms with Crippen LogP contribution >= 0.6 is 34.5 Å². The van der Waals surface area contributed by atoms with Crippen molar-refractivity contribution in [3.8, 4) is 6.07 Å². The molecule has 0 saturated carbocycles. The average molecular weight is 204 g/mol. The minimum Gasteiger partial charge on any atom is -0.193 e. The molecular weight excluding hydrogens is 201 g/mol. The summed E-state index contributed by atoms with van der Waals surface area (Å²) in [5.74, 6) is 0. The average Bonchev–Trinajstić information content (AvgIpc) is 2.36. The summed E-state index contributed by atoms with van der Waals surface area (Å²) in [5, 5.41) is 11.1. The van der Waals surface area contributed by atoms with Crippen LogP contribution in [0.3, 0.4) is 0 Å². The molecule has 0 saturated heterocycles. The molecule has 0 aliphatic heterocycles. The van der Waals surface area contributed by atoms with Crippen molar-refractivity contribution in [3.05, 3.63) is 27.4 Å². The molecule has 1 heterocycles. The van der Waals surface area contributed by atoms with Crippen LogP contribution in [-0.4, -0.2) is 0 Å². The maximum Gasteiger partial charge on any atom is 0.0928 e. The third-order valence-electron chi connectivity index (χ3n) is 1.03. The van der Waals surface area contributed by atoms with Crippen molar-refractivity contribution in [2.75, 3.05) is 0 Å². The van der Waals surface area contributed by atoms with E-state index in [4.69, 9.17) is 28.5 Å². The molecular formula is C7H3Cl2NS. The third kappa shape index (κ3) is 1.97. The first kappa shape index (κ1) is 8.61. The first-order valence-corrected chi connectivity index (χ1v) is 4.38. The van der Waals surface area contributed by atoms with Crippen molar-refractivity contribution < 1.29 is 0 Å². The molecule has 0 aliphatic rings. The largest absolute Gasteiger partial charge is 0.193 e. The van der Waals surface area contributed by atoms with Gasteiger partial charge in [0.15, 0.2) is 0 Å². The van der Waals surface area contributed by atoms with E-state index >= 15 is 0 Å². The van der Waals surface area contributed by atoms with Crippen LogP contribution in [0.5, 0.6) is 0 Å². The van der Waals surface area contributed by atoms with Crippen molar-refractivity contribution in [2.24, 2.45) is 0 Å². The first-order chi connectivity index (χ1) is 5.25. The van der Waals surface area contributed by atoms with E-state index in [0.29, 0.717) is 10.1 Å². The van der Waals surface area contributed by atoms with Crippen LogP contribution in [0.25, 0.3) is 5.03 Å². The maximum absolute atomic E-state index is 8.28. The van der Waals surface area contributed by atoms with E-state index in [0.717, 1.165) is 4.88 Å². The molecule has 0 bridgehead atoms. The lowest BCUT2D eigenvalue weighted by molar-refractivity contribution is 1.54. The number of hydrogen-bond acceptors (Lipinski definition) is 2. The van der Waals surface area contributed by atoms with E-state index in [1.165, 1.54) is 17.4 Å². The Balaban J connectivity index is 3.04. The van der Waals surface area contributed by atoms with Crippen molar-refractivity contribution in [3.63, 3.8) is 0 Å². The Morgan fingerprint density at radius 2 is 2.45 bits per heavy atom. The van der Waals surface area contributed by atoms with Crippen LogP contribution in [0, 0.1) is 11.3 Å². The lowest BCUT2D eigenvalue weighted by Gasteiger charge is -1.90. The monoisotopic (exact) mass is 203 g/mol. The summed E-state index contributed by atoms with van der Waals surface area (Å²) in [6, 6.07) is 3.58. The van der Waals surface area contributed by atoms with Gasteiger partial charge in [0.2, 0.25) is 0 Å². The van der Waals surface area contributed by atoms with E-state index in [9.17, 15) is 0 Å². The molecule has 0 fully saturated rings. The van der Waals surface area contributed by atoms with E-state index < -0.39 is 0 Å². The smallest absolute Gasteiger partial charge is 0.0928 e. The second-order valence-electron chi connectivity index (χ2n) is 1.72. The number of nitrogens with zero attached hydrogens (tertiary/aromatic N) is 1. The SMILES string of the molecule is N#C/C=C(/Cl)c1sccc1Cl. The summed E-state index contributed by atoms with van der Waals surface area (Å²) in [7, 11) is 0. The molecule has 4 heteroatoms. The Labute approximate surface area is 78.5 Å². The molecule has 0 unspecified atom stereocenters. The van der Waals surface area contributed by atoms with Crippen LogP contribution in [-0.2, 0) is 0 Å². The third-order valence-corrected chi connectivity index (χ3v) is 2.81. The zero-order valence-electron chi connectivity index (χ0n) is 5.34. The molecule has 0 N–H and O–H groups in total. The van der Waals surface area contributed by atoms with Gasteiger partial charge >= 0.3 is 0 Å². The quantitative estimate of drug-likeness (QED) is 0.642. The summed E-state index contributed by atoms with van der Waals surface area (Å²) in [4.78, 5) is 0.745.